The third kappa shape index (κ3) is 3.56. The summed E-state index contributed by atoms with van der Waals surface area (Å²) in [5.74, 6) is -0.195. The molecule has 0 heterocycles. The zero-order chi connectivity index (χ0) is 15.4. The number of hydrogen-bond donors (Lipinski definition) is 2. The van der Waals surface area contributed by atoms with Gasteiger partial charge in [0.05, 0.1) is 10.0 Å². The van der Waals surface area contributed by atoms with Crippen molar-refractivity contribution in [2.24, 2.45) is 10.9 Å². The highest BCUT2D eigenvalue weighted by Gasteiger charge is 2.09. The van der Waals surface area contributed by atoms with Crippen molar-refractivity contribution >= 4 is 29.0 Å². The number of hydrogen-bond acceptors (Lipinski definition) is 3. The maximum Gasteiger partial charge on any atom is 0.171 e. The van der Waals surface area contributed by atoms with E-state index in [1.54, 1.807) is 24.3 Å². The third-order valence-electron chi connectivity index (χ3n) is 2.75. The van der Waals surface area contributed by atoms with Crippen molar-refractivity contribution in [1.82, 2.24) is 0 Å². The van der Waals surface area contributed by atoms with Crippen LogP contribution < -0.4 is 10.5 Å². The topological polar surface area (TPSA) is 67.8 Å². The molecule has 0 radical (unpaired) electrons. The van der Waals surface area contributed by atoms with Gasteiger partial charge < -0.3 is 15.7 Å². The van der Waals surface area contributed by atoms with Gasteiger partial charge in [-0.1, -0.05) is 40.5 Å². The molecule has 0 aliphatic carbocycles. The van der Waals surface area contributed by atoms with E-state index in [-0.39, 0.29) is 22.5 Å². The molecule has 4 nitrogen and oxygen atoms in total. The van der Waals surface area contributed by atoms with Crippen molar-refractivity contribution in [1.29, 1.82) is 0 Å². The van der Waals surface area contributed by atoms with E-state index in [1.807, 2.05) is 0 Å². The Labute approximate surface area is 130 Å². The van der Waals surface area contributed by atoms with Gasteiger partial charge in [0, 0.05) is 11.1 Å². The molecule has 0 aliphatic heterocycles. The number of nitrogens with two attached hydrogens (primary N) is 1. The van der Waals surface area contributed by atoms with Crippen molar-refractivity contribution < 1.29 is 14.3 Å². The van der Waals surface area contributed by atoms with Gasteiger partial charge in [-0.2, -0.15) is 0 Å². The minimum absolute atomic E-state index is 0.00560. The van der Waals surface area contributed by atoms with Crippen LogP contribution in [-0.4, -0.2) is 11.0 Å². The van der Waals surface area contributed by atoms with Gasteiger partial charge in [-0.25, -0.2) is 4.39 Å². The lowest BCUT2D eigenvalue weighted by molar-refractivity contribution is 0.300. The van der Waals surface area contributed by atoms with Gasteiger partial charge >= 0.3 is 0 Å². The SMILES string of the molecule is N/C(=N/O)c1ccc(OCc2cccc(Cl)c2F)cc1Cl. The second-order valence-electron chi connectivity index (χ2n) is 4.13. The van der Waals surface area contributed by atoms with E-state index >= 15 is 0 Å². The first-order valence-corrected chi connectivity index (χ1v) is 6.61. The summed E-state index contributed by atoms with van der Waals surface area (Å²) in [7, 11) is 0. The molecule has 0 bridgehead atoms. The molecule has 0 unspecified atom stereocenters. The number of rotatable bonds is 4. The van der Waals surface area contributed by atoms with E-state index in [1.165, 1.54) is 12.1 Å². The second kappa shape index (κ2) is 6.65. The summed E-state index contributed by atoms with van der Waals surface area (Å²) in [4.78, 5) is 0. The zero-order valence-electron chi connectivity index (χ0n) is 10.7. The van der Waals surface area contributed by atoms with Crippen LogP contribution in [0.4, 0.5) is 4.39 Å². The summed E-state index contributed by atoms with van der Waals surface area (Å²) in [6.45, 7) is 0.00560. The summed E-state index contributed by atoms with van der Waals surface area (Å²) in [6, 6.07) is 9.30. The summed E-state index contributed by atoms with van der Waals surface area (Å²) in [6.07, 6.45) is 0. The number of oxime groups is 1. The molecular formula is C14H11Cl2FN2O2. The highest BCUT2D eigenvalue weighted by atomic mass is 35.5. The van der Waals surface area contributed by atoms with Gasteiger partial charge in [0.15, 0.2) is 5.84 Å². The first-order chi connectivity index (χ1) is 10.0. The highest BCUT2D eigenvalue weighted by Crippen LogP contribution is 2.24. The summed E-state index contributed by atoms with van der Waals surface area (Å²) in [5.41, 5.74) is 6.17. The van der Waals surface area contributed by atoms with Crippen LogP contribution in [-0.2, 0) is 6.61 Å². The molecule has 0 atom stereocenters. The van der Waals surface area contributed by atoms with Gasteiger partial charge in [0.1, 0.15) is 18.2 Å². The molecule has 0 aromatic heterocycles. The lowest BCUT2D eigenvalue weighted by atomic mass is 10.2. The molecule has 110 valence electrons. The number of halogens is 3. The summed E-state index contributed by atoms with van der Waals surface area (Å²) < 4.78 is 19.2. The van der Waals surface area contributed by atoms with Crippen molar-refractivity contribution in [2.45, 2.75) is 6.61 Å². The second-order valence-corrected chi connectivity index (χ2v) is 4.94. The van der Waals surface area contributed by atoms with E-state index in [4.69, 9.17) is 38.9 Å². The summed E-state index contributed by atoms with van der Waals surface area (Å²) >= 11 is 11.7. The van der Waals surface area contributed by atoms with Gasteiger partial charge in [-0.15, -0.1) is 0 Å². The molecule has 7 heteroatoms. The average molecular weight is 329 g/mol. The Hall–Kier alpha value is -1.98. The van der Waals surface area contributed by atoms with Crippen LogP contribution in [0.25, 0.3) is 0 Å². The smallest absolute Gasteiger partial charge is 0.171 e. The molecule has 21 heavy (non-hydrogen) atoms. The van der Waals surface area contributed by atoms with E-state index < -0.39 is 5.82 Å². The molecule has 0 spiro atoms. The van der Waals surface area contributed by atoms with Crippen LogP contribution in [0.1, 0.15) is 11.1 Å². The number of benzene rings is 2. The minimum atomic E-state index is -0.515. The quantitative estimate of drug-likeness (QED) is 0.388. The fraction of sp³-hybridized carbons (Fsp3) is 0.0714. The Bertz CT molecular complexity index is 693. The summed E-state index contributed by atoms with van der Waals surface area (Å²) in [5, 5.41) is 11.8. The Morgan fingerprint density at radius 1 is 1.24 bits per heavy atom. The Kier molecular flexibility index (Phi) is 4.88. The Balaban J connectivity index is 2.14. The average Bonchev–Trinajstić information content (AvgIpc) is 2.48. The zero-order valence-corrected chi connectivity index (χ0v) is 12.2. The van der Waals surface area contributed by atoms with Crippen LogP contribution in [0.5, 0.6) is 5.75 Å². The van der Waals surface area contributed by atoms with Gasteiger partial charge in [-0.05, 0) is 24.3 Å². The molecule has 0 saturated heterocycles. The minimum Gasteiger partial charge on any atom is -0.489 e. The Morgan fingerprint density at radius 3 is 2.67 bits per heavy atom. The van der Waals surface area contributed by atoms with E-state index in [9.17, 15) is 4.39 Å². The maximum atomic E-state index is 13.7. The molecule has 0 fully saturated rings. The number of nitrogens with zero attached hydrogens (tertiary/aromatic N) is 1. The standard InChI is InChI=1S/C14H11Cl2FN2O2/c15-11-3-1-2-8(13(11)17)7-21-9-4-5-10(12(16)6-9)14(18)19-20/h1-6,20H,7H2,(H2,18,19). The van der Waals surface area contributed by atoms with Crippen LogP contribution >= 0.6 is 23.2 Å². The third-order valence-corrected chi connectivity index (χ3v) is 3.35. The normalized spacial score (nSPS) is 11.5. The van der Waals surface area contributed by atoms with Crippen molar-refractivity contribution in [2.75, 3.05) is 0 Å². The molecule has 3 N–H and O–H groups in total. The highest BCUT2D eigenvalue weighted by molar-refractivity contribution is 6.34. The van der Waals surface area contributed by atoms with Crippen LogP contribution in [0.2, 0.25) is 10.0 Å². The maximum absolute atomic E-state index is 13.7. The van der Waals surface area contributed by atoms with E-state index in [0.717, 1.165) is 0 Å². The lowest BCUT2D eigenvalue weighted by Gasteiger charge is -2.09. The van der Waals surface area contributed by atoms with Crippen molar-refractivity contribution in [3.05, 3.63) is 63.4 Å². The van der Waals surface area contributed by atoms with E-state index in [2.05, 4.69) is 5.16 Å². The Morgan fingerprint density at radius 2 is 2.00 bits per heavy atom. The van der Waals surface area contributed by atoms with Crippen LogP contribution in [0.15, 0.2) is 41.6 Å². The number of amidine groups is 1. The molecule has 2 aromatic carbocycles. The largest absolute Gasteiger partial charge is 0.489 e. The molecule has 2 rings (SSSR count). The molecule has 0 aliphatic rings. The fourth-order valence-electron chi connectivity index (χ4n) is 1.67. The predicted molar refractivity (Wildman–Crippen MR) is 79.7 cm³/mol. The molecule has 0 saturated carbocycles. The predicted octanol–water partition coefficient (Wildman–Crippen LogP) is 3.81. The first-order valence-electron chi connectivity index (χ1n) is 5.86. The van der Waals surface area contributed by atoms with Gasteiger partial charge in [-0.3, -0.25) is 0 Å². The lowest BCUT2D eigenvalue weighted by Crippen LogP contribution is -2.13. The van der Waals surface area contributed by atoms with Gasteiger partial charge in [0.2, 0.25) is 0 Å². The van der Waals surface area contributed by atoms with Crippen molar-refractivity contribution in [3.63, 3.8) is 0 Å². The first kappa shape index (κ1) is 15.4. The fourth-order valence-corrected chi connectivity index (χ4v) is 2.13. The molecular weight excluding hydrogens is 318 g/mol. The molecule has 0 amide bonds. The van der Waals surface area contributed by atoms with Crippen molar-refractivity contribution in [3.8, 4) is 5.75 Å². The molecule has 2 aromatic rings. The number of ether oxygens (including phenoxy) is 1. The van der Waals surface area contributed by atoms with Crippen LogP contribution in [0, 0.1) is 5.82 Å². The monoisotopic (exact) mass is 328 g/mol. The van der Waals surface area contributed by atoms with Crippen LogP contribution in [0.3, 0.4) is 0 Å². The van der Waals surface area contributed by atoms with Gasteiger partial charge in [0.25, 0.3) is 0 Å². The van der Waals surface area contributed by atoms with E-state index in [0.29, 0.717) is 16.9 Å².